The molecule has 4 aromatic rings. The van der Waals surface area contributed by atoms with Gasteiger partial charge >= 0.3 is 5.69 Å². The first-order chi connectivity index (χ1) is 14.6. The average molecular weight is 406 g/mol. The summed E-state index contributed by atoms with van der Waals surface area (Å²) in [6, 6.07) is 13.8. The Morgan fingerprint density at radius 3 is 2.60 bits per heavy atom. The maximum atomic E-state index is 12.4. The van der Waals surface area contributed by atoms with Gasteiger partial charge in [0.25, 0.3) is 0 Å². The Labute approximate surface area is 174 Å². The van der Waals surface area contributed by atoms with Crippen molar-refractivity contribution in [3.63, 3.8) is 0 Å². The molecule has 0 saturated carbocycles. The lowest BCUT2D eigenvalue weighted by Gasteiger charge is -2.06. The van der Waals surface area contributed by atoms with E-state index in [4.69, 9.17) is 10.5 Å². The molecule has 7 heteroatoms. The van der Waals surface area contributed by atoms with Crippen molar-refractivity contribution in [3.8, 4) is 11.6 Å². The highest BCUT2D eigenvalue weighted by Crippen LogP contribution is 2.24. The fourth-order valence-electron chi connectivity index (χ4n) is 3.78. The number of rotatable bonds is 8. The molecule has 2 heterocycles. The normalized spacial score (nSPS) is 11.3. The van der Waals surface area contributed by atoms with Crippen molar-refractivity contribution in [2.75, 3.05) is 13.7 Å². The molecule has 2 aromatic carbocycles. The zero-order valence-electron chi connectivity index (χ0n) is 16.9. The molecule has 0 bridgehead atoms. The number of aryl methyl sites for hydroxylation is 1. The molecule has 0 aliphatic heterocycles. The van der Waals surface area contributed by atoms with Gasteiger partial charge in [-0.15, -0.1) is 0 Å². The second kappa shape index (κ2) is 8.51. The smallest absolute Gasteiger partial charge is 0.328 e. The number of imidazole rings is 1. The van der Waals surface area contributed by atoms with Crippen LogP contribution in [0.5, 0.6) is 11.6 Å². The minimum Gasteiger partial charge on any atom is -0.497 e. The lowest BCUT2D eigenvalue weighted by molar-refractivity contribution is 0.408. The van der Waals surface area contributed by atoms with Crippen molar-refractivity contribution in [2.24, 2.45) is 5.73 Å². The highest BCUT2D eigenvalue weighted by Gasteiger charge is 2.14. The summed E-state index contributed by atoms with van der Waals surface area (Å²) in [6.07, 6.45) is 3.86. The van der Waals surface area contributed by atoms with E-state index in [2.05, 4.69) is 16.0 Å². The third kappa shape index (κ3) is 3.97. The summed E-state index contributed by atoms with van der Waals surface area (Å²) in [7, 11) is 1.63. The van der Waals surface area contributed by atoms with E-state index in [1.54, 1.807) is 7.11 Å². The molecule has 5 N–H and O–H groups in total. The molecule has 0 fully saturated rings. The number of benzene rings is 2. The molecule has 4 rings (SSSR count). The number of aromatic amines is 2. The molecule has 0 aliphatic carbocycles. The van der Waals surface area contributed by atoms with Gasteiger partial charge in [0.15, 0.2) is 0 Å². The van der Waals surface area contributed by atoms with Gasteiger partial charge in [0.1, 0.15) is 5.75 Å². The van der Waals surface area contributed by atoms with Gasteiger partial charge in [-0.3, -0.25) is 4.57 Å². The van der Waals surface area contributed by atoms with E-state index in [0.717, 1.165) is 34.2 Å². The highest BCUT2D eigenvalue weighted by molar-refractivity contribution is 5.84. The van der Waals surface area contributed by atoms with Crippen LogP contribution in [-0.4, -0.2) is 33.3 Å². The molecule has 0 amide bonds. The first-order valence-corrected chi connectivity index (χ1v) is 10.0. The summed E-state index contributed by atoms with van der Waals surface area (Å²) in [6.45, 7) is 0.979. The van der Waals surface area contributed by atoms with Gasteiger partial charge in [-0.2, -0.15) is 0 Å². The zero-order chi connectivity index (χ0) is 21.1. The molecule has 2 aromatic heterocycles. The number of aromatic nitrogens is 3. The molecule has 0 radical (unpaired) electrons. The summed E-state index contributed by atoms with van der Waals surface area (Å²) in [4.78, 5) is 18.5. The quantitative estimate of drug-likeness (QED) is 0.361. The van der Waals surface area contributed by atoms with E-state index < -0.39 is 0 Å². The van der Waals surface area contributed by atoms with E-state index in [-0.39, 0.29) is 11.6 Å². The Balaban J connectivity index is 1.52. The van der Waals surface area contributed by atoms with Crippen molar-refractivity contribution in [3.05, 3.63) is 81.5 Å². The van der Waals surface area contributed by atoms with Crippen LogP contribution in [0.3, 0.4) is 0 Å². The molecule has 0 unspecified atom stereocenters. The molecule has 7 nitrogen and oxygen atoms in total. The predicted octanol–water partition coefficient (Wildman–Crippen LogP) is 2.71. The van der Waals surface area contributed by atoms with Crippen molar-refractivity contribution in [1.29, 1.82) is 0 Å². The van der Waals surface area contributed by atoms with E-state index in [1.165, 1.54) is 10.1 Å². The van der Waals surface area contributed by atoms with Crippen LogP contribution in [0.1, 0.15) is 22.4 Å². The molecule has 0 aliphatic rings. The maximum absolute atomic E-state index is 12.4. The Morgan fingerprint density at radius 2 is 1.87 bits per heavy atom. The lowest BCUT2D eigenvalue weighted by atomic mass is 10.0. The number of methoxy groups -OCH3 is 1. The predicted molar refractivity (Wildman–Crippen MR) is 117 cm³/mol. The SMILES string of the molecule is COc1ccc(CCn2c(O)c(Cc3ccc4[nH]cc(CCN)c4c3)[nH]c2=O)cc1. The average Bonchev–Trinajstić information content (AvgIpc) is 3.27. The number of ether oxygens (including phenoxy) is 1. The first-order valence-electron chi connectivity index (χ1n) is 10.0. The summed E-state index contributed by atoms with van der Waals surface area (Å²) in [5.74, 6) is 0.779. The van der Waals surface area contributed by atoms with Gasteiger partial charge in [0.05, 0.1) is 12.8 Å². The van der Waals surface area contributed by atoms with Crippen LogP contribution in [0, 0.1) is 0 Å². The Hall–Kier alpha value is -3.45. The summed E-state index contributed by atoms with van der Waals surface area (Å²) >= 11 is 0. The molecule has 0 atom stereocenters. The molecule has 0 spiro atoms. The zero-order valence-corrected chi connectivity index (χ0v) is 16.9. The van der Waals surface area contributed by atoms with Gasteiger partial charge in [-0.25, -0.2) is 4.79 Å². The Bertz CT molecular complexity index is 1200. The second-order valence-electron chi connectivity index (χ2n) is 7.39. The first kappa shape index (κ1) is 19.8. The second-order valence-corrected chi connectivity index (χ2v) is 7.39. The van der Waals surface area contributed by atoms with Crippen LogP contribution >= 0.6 is 0 Å². The summed E-state index contributed by atoms with van der Waals surface area (Å²) in [5, 5.41) is 11.8. The number of aromatic hydroxyl groups is 1. The lowest BCUT2D eigenvalue weighted by Crippen LogP contribution is -2.17. The molecule has 0 saturated heterocycles. The van der Waals surface area contributed by atoms with Crippen molar-refractivity contribution in [2.45, 2.75) is 25.8 Å². The molecular formula is C23H26N4O3. The van der Waals surface area contributed by atoms with Gasteiger partial charge in [0, 0.05) is 30.1 Å². The fourth-order valence-corrected chi connectivity index (χ4v) is 3.78. The summed E-state index contributed by atoms with van der Waals surface area (Å²) < 4.78 is 6.55. The van der Waals surface area contributed by atoms with Crippen molar-refractivity contribution >= 4 is 10.9 Å². The number of nitrogens with two attached hydrogens (primary N) is 1. The monoisotopic (exact) mass is 406 g/mol. The third-order valence-electron chi connectivity index (χ3n) is 5.44. The van der Waals surface area contributed by atoms with Crippen LogP contribution in [0.2, 0.25) is 0 Å². The number of nitrogens with zero attached hydrogens (tertiary/aromatic N) is 1. The number of hydrogen-bond acceptors (Lipinski definition) is 4. The Kier molecular flexibility index (Phi) is 5.63. The van der Waals surface area contributed by atoms with Gasteiger partial charge in [-0.05, 0) is 60.3 Å². The fraction of sp³-hybridized carbons (Fsp3) is 0.261. The molecule has 30 heavy (non-hydrogen) atoms. The number of nitrogens with one attached hydrogen (secondary N) is 2. The van der Waals surface area contributed by atoms with E-state index in [9.17, 15) is 9.90 Å². The minimum absolute atomic E-state index is 0.00939. The van der Waals surface area contributed by atoms with Crippen LogP contribution in [0.15, 0.2) is 53.5 Å². The minimum atomic E-state index is -0.303. The van der Waals surface area contributed by atoms with E-state index in [0.29, 0.717) is 31.6 Å². The number of hydrogen-bond donors (Lipinski definition) is 4. The standard InChI is InChI=1S/C23H26N4O3/c1-30-18-5-2-15(3-6-18)9-11-27-22(28)21(26-23(27)29)13-16-4-7-20-19(12-16)17(8-10-24)14-25-20/h2-7,12,14,25,28H,8-11,13,24H2,1H3,(H,26,29). The largest absolute Gasteiger partial charge is 0.497 e. The topological polar surface area (TPSA) is 109 Å². The molecule has 156 valence electrons. The van der Waals surface area contributed by atoms with Crippen LogP contribution < -0.4 is 16.2 Å². The third-order valence-corrected chi connectivity index (χ3v) is 5.44. The number of fused-ring (bicyclic) bond motifs is 1. The maximum Gasteiger partial charge on any atom is 0.328 e. The van der Waals surface area contributed by atoms with Crippen molar-refractivity contribution < 1.29 is 9.84 Å². The molecular weight excluding hydrogens is 380 g/mol. The van der Waals surface area contributed by atoms with E-state index in [1.807, 2.05) is 42.6 Å². The Morgan fingerprint density at radius 1 is 1.10 bits per heavy atom. The van der Waals surface area contributed by atoms with E-state index >= 15 is 0 Å². The van der Waals surface area contributed by atoms with Crippen LogP contribution in [0.4, 0.5) is 0 Å². The van der Waals surface area contributed by atoms with Crippen LogP contribution in [-0.2, 0) is 25.8 Å². The van der Waals surface area contributed by atoms with Gasteiger partial charge < -0.3 is 25.5 Å². The summed E-state index contributed by atoms with van der Waals surface area (Å²) in [5.41, 5.74) is 10.2. The number of H-pyrrole nitrogens is 2. The van der Waals surface area contributed by atoms with Gasteiger partial charge in [-0.1, -0.05) is 18.2 Å². The highest BCUT2D eigenvalue weighted by atomic mass is 16.5. The van der Waals surface area contributed by atoms with Crippen molar-refractivity contribution in [1.82, 2.24) is 14.5 Å². The van der Waals surface area contributed by atoms with Crippen LogP contribution in [0.25, 0.3) is 10.9 Å². The van der Waals surface area contributed by atoms with Gasteiger partial charge in [0.2, 0.25) is 5.88 Å².